The third-order valence-electron chi connectivity index (χ3n) is 5.25. The summed E-state index contributed by atoms with van der Waals surface area (Å²) in [6.07, 6.45) is 2.83. The second-order valence-electron chi connectivity index (χ2n) is 7.40. The highest BCUT2D eigenvalue weighted by Gasteiger charge is 2.45. The molecule has 172 valence electrons. The van der Waals surface area contributed by atoms with Crippen LogP contribution in [0.1, 0.15) is 32.5 Å². The van der Waals surface area contributed by atoms with Crippen molar-refractivity contribution in [3.8, 4) is 0 Å². The molecule has 2 aromatic carbocycles. The van der Waals surface area contributed by atoms with Gasteiger partial charge in [0.15, 0.2) is 16.7 Å². The second-order valence-corrected chi connectivity index (χ2v) is 8.38. The Bertz CT molecular complexity index is 1330. The number of allylic oxidation sites excluding steroid dienone is 1. The molecule has 3 aromatic rings. The minimum absolute atomic E-state index is 0.0959. The van der Waals surface area contributed by atoms with Crippen LogP contribution in [-0.4, -0.2) is 34.9 Å². The number of aliphatic hydroxyl groups excluding tert-OH is 1. The van der Waals surface area contributed by atoms with E-state index in [9.17, 15) is 23.9 Å². The lowest BCUT2D eigenvalue weighted by Gasteiger charge is -2.24. The normalized spacial score (nSPS) is 15.9. The van der Waals surface area contributed by atoms with Gasteiger partial charge in [0.1, 0.15) is 10.7 Å². The van der Waals surface area contributed by atoms with E-state index in [0.29, 0.717) is 11.3 Å². The van der Waals surface area contributed by atoms with Crippen LogP contribution in [0.25, 0.3) is 6.08 Å². The Morgan fingerprint density at radius 1 is 1.15 bits per heavy atom. The van der Waals surface area contributed by atoms with E-state index in [1.807, 2.05) is 18.2 Å². The number of amides is 1. The van der Waals surface area contributed by atoms with Crippen LogP contribution < -0.4 is 4.90 Å². The first-order valence-corrected chi connectivity index (χ1v) is 11.0. The summed E-state index contributed by atoms with van der Waals surface area (Å²) in [7, 11) is 1.23. The van der Waals surface area contributed by atoms with Gasteiger partial charge in [0, 0.05) is 0 Å². The summed E-state index contributed by atoms with van der Waals surface area (Å²) in [5, 5.41) is 10.8. The molecule has 1 aliphatic rings. The van der Waals surface area contributed by atoms with Crippen molar-refractivity contribution >= 4 is 40.2 Å². The Morgan fingerprint density at radius 2 is 1.82 bits per heavy atom. The molecule has 2 heterocycles. The Morgan fingerprint density at radius 3 is 2.47 bits per heavy atom. The minimum atomic E-state index is -1.07. The molecule has 0 radical (unpaired) electrons. The van der Waals surface area contributed by atoms with Gasteiger partial charge in [-0.3, -0.25) is 14.5 Å². The van der Waals surface area contributed by atoms with E-state index < -0.39 is 35.3 Å². The number of halogens is 1. The van der Waals surface area contributed by atoms with Crippen molar-refractivity contribution in [1.82, 2.24) is 4.98 Å². The van der Waals surface area contributed by atoms with Crippen LogP contribution in [0.5, 0.6) is 0 Å². The lowest BCUT2D eigenvalue weighted by atomic mass is 9.95. The number of esters is 1. The zero-order valence-electron chi connectivity index (χ0n) is 18.2. The van der Waals surface area contributed by atoms with Gasteiger partial charge in [-0.2, -0.15) is 0 Å². The average molecular weight is 479 g/mol. The third-order valence-corrected chi connectivity index (χ3v) is 6.39. The zero-order chi connectivity index (χ0) is 24.4. The fraction of sp³-hybridized carbons (Fsp3) is 0.120. The van der Waals surface area contributed by atoms with Crippen molar-refractivity contribution in [2.75, 3.05) is 12.0 Å². The predicted molar refractivity (Wildman–Crippen MR) is 125 cm³/mol. The first kappa shape index (κ1) is 23.1. The maximum atomic E-state index is 13.6. The quantitative estimate of drug-likeness (QED) is 0.412. The zero-order valence-corrected chi connectivity index (χ0v) is 19.0. The molecule has 0 bridgehead atoms. The van der Waals surface area contributed by atoms with E-state index in [1.54, 1.807) is 25.1 Å². The lowest BCUT2D eigenvalue weighted by molar-refractivity contribution is -0.117. The number of methoxy groups -OCH3 is 1. The fourth-order valence-electron chi connectivity index (χ4n) is 3.61. The molecule has 1 amide bonds. The number of thiazole rings is 1. The number of hydrogen-bond acceptors (Lipinski definition) is 7. The van der Waals surface area contributed by atoms with Gasteiger partial charge in [-0.15, -0.1) is 0 Å². The van der Waals surface area contributed by atoms with E-state index in [1.165, 1.54) is 37.5 Å². The summed E-state index contributed by atoms with van der Waals surface area (Å²) in [5.41, 5.74) is 1.31. The van der Waals surface area contributed by atoms with Crippen LogP contribution in [0.2, 0.25) is 0 Å². The molecule has 0 fully saturated rings. The molecule has 1 N–H and O–H groups in total. The Balaban J connectivity index is 1.80. The number of anilines is 1. The average Bonchev–Trinajstić information content (AvgIpc) is 3.35. The Kier molecular flexibility index (Phi) is 6.38. The Labute approximate surface area is 198 Å². The summed E-state index contributed by atoms with van der Waals surface area (Å²) >= 11 is 0.899. The summed E-state index contributed by atoms with van der Waals surface area (Å²) < 4.78 is 18.4. The maximum absolute atomic E-state index is 13.6. The van der Waals surface area contributed by atoms with Crippen LogP contribution in [0.3, 0.4) is 0 Å². The van der Waals surface area contributed by atoms with Gasteiger partial charge in [0.25, 0.3) is 5.91 Å². The van der Waals surface area contributed by atoms with Crippen LogP contribution >= 0.6 is 11.3 Å². The number of nitrogens with zero attached hydrogens (tertiary/aromatic N) is 2. The van der Waals surface area contributed by atoms with Crippen LogP contribution in [-0.2, 0) is 14.3 Å². The third kappa shape index (κ3) is 4.25. The van der Waals surface area contributed by atoms with Gasteiger partial charge in [-0.1, -0.05) is 59.9 Å². The molecular formula is C25H19FN2O5S. The van der Waals surface area contributed by atoms with Gasteiger partial charge < -0.3 is 9.84 Å². The van der Waals surface area contributed by atoms with Gasteiger partial charge in [-0.25, -0.2) is 14.2 Å². The number of ketones is 1. The van der Waals surface area contributed by atoms with Crippen molar-refractivity contribution in [1.29, 1.82) is 0 Å². The number of carbonyl (C=O) groups is 3. The van der Waals surface area contributed by atoms with Gasteiger partial charge >= 0.3 is 5.97 Å². The predicted octanol–water partition coefficient (Wildman–Crippen LogP) is 4.56. The molecule has 0 saturated carbocycles. The highest BCUT2D eigenvalue weighted by atomic mass is 32.1. The lowest BCUT2D eigenvalue weighted by Crippen LogP contribution is -2.30. The molecule has 9 heteroatoms. The molecule has 1 aliphatic heterocycles. The van der Waals surface area contributed by atoms with E-state index in [2.05, 4.69) is 4.98 Å². The van der Waals surface area contributed by atoms with Crippen molar-refractivity contribution in [3.05, 3.63) is 99.5 Å². The molecule has 1 aromatic heterocycles. The minimum Gasteiger partial charge on any atom is -0.503 e. The van der Waals surface area contributed by atoms with E-state index in [0.717, 1.165) is 21.8 Å². The molecule has 1 unspecified atom stereocenters. The van der Waals surface area contributed by atoms with E-state index in [4.69, 9.17) is 4.74 Å². The van der Waals surface area contributed by atoms with Crippen LogP contribution in [0.4, 0.5) is 9.52 Å². The number of carbonyl (C=O) groups excluding carboxylic acids is 3. The molecule has 7 nitrogen and oxygen atoms in total. The number of hydrogen-bond donors (Lipinski definition) is 1. The number of aromatic nitrogens is 1. The fourth-order valence-corrected chi connectivity index (χ4v) is 4.62. The smallest absolute Gasteiger partial charge is 0.350 e. The van der Waals surface area contributed by atoms with Crippen molar-refractivity contribution in [2.45, 2.75) is 13.0 Å². The number of aliphatic hydroxyl groups is 1. The number of rotatable bonds is 6. The van der Waals surface area contributed by atoms with Crippen molar-refractivity contribution < 1.29 is 28.6 Å². The van der Waals surface area contributed by atoms with Gasteiger partial charge in [-0.05, 0) is 36.3 Å². The van der Waals surface area contributed by atoms with Crippen molar-refractivity contribution in [3.63, 3.8) is 0 Å². The highest BCUT2D eigenvalue weighted by Crippen LogP contribution is 2.43. The monoisotopic (exact) mass is 478 g/mol. The van der Waals surface area contributed by atoms with Gasteiger partial charge in [0.05, 0.1) is 24.4 Å². The summed E-state index contributed by atoms with van der Waals surface area (Å²) in [5.74, 6) is -3.29. The summed E-state index contributed by atoms with van der Waals surface area (Å²) in [6, 6.07) is 13.2. The largest absolute Gasteiger partial charge is 0.503 e. The van der Waals surface area contributed by atoms with E-state index in [-0.39, 0.29) is 15.6 Å². The molecule has 0 spiro atoms. The maximum Gasteiger partial charge on any atom is 0.350 e. The first-order valence-electron chi connectivity index (χ1n) is 10.2. The van der Waals surface area contributed by atoms with Gasteiger partial charge in [0.2, 0.25) is 0 Å². The van der Waals surface area contributed by atoms with Crippen LogP contribution in [0.15, 0.2) is 72.0 Å². The van der Waals surface area contributed by atoms with Crippen molar-refractivity contribution in [2.24, 2.45) is 0 Å². The Hall–Kier alpha value is -4.11. The first-order chi connectivity index (χ1) is 16.3. The van der Waals surface area contributed by atoms with Crippen LogP contribution in [0, 0.1) is 12.7 Å². The molecule has 0 aliphatic carbocycles. The highest BCUT2D eigenvalue weighted by molar-refractivity contribution is 7.17. The molecule has 4 rings (SSSR count). The molecule has 1 atom stereocenters. The number of benzene rings is 2. The topological polar surface area (TPSA) is 96.8 Å². The second kappa shape index (κ2) is 9.40. The number of aryl methyl sites for hydroxylation is 1. The molecule has 34 heavy (non-hydrogen) atoms. The summed E-state index contributed by atoms with van der Waals surface area (Å²) in [4.78, 5) is 44.0. The molecule has 0 saturated heterocycles. The number of ether oxygens (including phenoxy) is 1. The SMILES string of the molecule is COC(=O)c1sc(N2C(=O)C(O)=C(C(=O)/C=C/c3ccccc3)C2c2ccc(F)cc2)nc1C. The standard InChI is InChI=1S/C25H19FN2O5S/c1-14-22(24(32)33-2)34-25(27-14)28-20(16-9-11-17(26)12-10-16)19(21(30)23(28)31)18(29)13-8-15-6-4-3-5-7-15/h3-13,20,30H,1-2H3/b13-8+. The molecular weight excluding hydrogens is 459 g/mol. The van der Waals surface area contributed by atoms with E-state index >= 15 is 0 Å². The summed E-state index contributed by atoms with van der Waals surface area (Å²) in [6.45, 7) is 1.58.